The van der Waals surface area contributed by atoms with Gasteiger partial charge in [-0.15, -0.1) is 0 Å². The number of pyridine rings is 2. The minimum Gasteiger partial charge on any atom is -0.497 e. The molecule has 2 aromatic carbocycles. The van der Waals surface area contributed by atoms with Crippen molar-refractivity contribution in [1.82, 2.24) is 9.97 Å². The van der Waals surface area contributed by atoms with Gasteiger partial charge in [-0.25, -0.2) is 4.98 Å². The van der Waals surface area contributed by atoms with Gasteiger partial charge in [0, 0.05) is 29.6 Å². The minimum atomic E-state index is -3.82. The maximum atomic E-state index is 14.8. The highest BCUT2D eigenvalue weighted by Crippen LogP contribution is 2.54. The molecule has 0 fully saturated rings. The van der Waals surface area contributed by atoms with Crippen LogP contribution in [0.4, 0.5) is 14.6 Å². The number of rotatable bonds is 10. The third-order valence-electron chi connectivity index (χ3n) is 6.13. The maximum Gasteiger partial charge on any atom is 0.375 e. The van der Waals surface area contributed by atoms with Gasteiger partial charge >= 0.3 is 5.66 Å². The van der Waals surface area contributed by atoms with Crippen molar-refractivity contribution in [2.75, 3.05) is 26.6 Å². The predicted molar refractivity (Wildman–Crippen MR) is 141 cm³/mol. The summed E-state index contributed by atoms with van der Waals surface area (Å²) in [6, 6.07) is 12.3. The topological polar surface area (TPSA) is 96.6 Å². The highest BCUT2D eigenvalue weighted by atomic mass is 31.2. The molecule has 0 amide bonds. The third-order valence-corrected chi connectivity index (χ3v) is 7.61. The summed E-state index contributed by atoms with van der Waals surface area (Å²) in [5.41, 5.74) is 6.31. The van der Waals surface area contributed by atoms with Gasteiger partial charge in [0.05, 0.1) is 19.2 Å². The second-order valence-electron chi connectivity index (χ2n) is 8.49. The molecule has 194 valence electrons. The number of benzene rings is 2. The Hall–Kier alpha value is -3.26. The fourth-order valence-electron chi connectivity index (χ4n) is 4.21. The molecule has 0 aliphatic carbocycles. The van der Waals surface area contributed by atoms with E-state index in [0.29, 0.717) is 16.4 Å². The molecule has 2 heterocycles. The van der Waals surface area contributed by atoms with E-state index in [9.17, 15) is 13.6 Å². The molecule has 37 heavy (non-hydrogen) atoms. The van der Waals surface area contributed by atoms with Crippen molar-refractivity contribution in [2.24, 2.45) is 0 Å². The van der Waals surface area contributed by atoms with Crippen LogP contribution in [0.25, 0.3) is 21.8 Å². The van der Waals surface area contributed by atoms with Crippen molar-refractivity contribution < 1.29 is 27.4 Å². The van der Waals surface area contributed by atoms with E-state index in [4.69, 9.17) is 19.5 Å². The lowest BCUT2D eigenvalue weighted by atomic mass is 9.99. The number of ketones is 1. The number of halogens is 2. The number of hydrogen-bond acceptors (Lipinski definition) is 7. The first kappa shape index (κ1) is 26.8. The van der Waals surface area contributed by atoms with Crippen LogP contribution in [0.5, 0.6) is 5.75 Å². The lowest BCUT2D eigenvalue weighted by Gasteiger charge is -2.22. The summed E-state index contributed by atoms with van der Waals surface area (Å²) in [6.07, 6.45) is 3.31. The normalized spacial score (nSPS) is 12.7. The van der Waals surface area contributed by atoms with E-state index >= 15 is 0 Å². The van der Waals surface area contributed by atoms with Crippen LogP contribution in [-0.2, 0) is 21.9 Å². The first-order chi connectivity index (χ1) is 17.7. The van der Waals surface area contributed by atoms with Crippen molar-refractivity contribution in [2.45, 2.75) is 32.4 Å². The molecular weight excluding hydrogens is 499 g/mol. The second kappa shape index (κ2) is 11.0. The summed E-state index contributed by atoms with van der Waals surface area (Å²) >= 11 is 0. The first-order valence-electron chi connectivity index (χ1n) is 11.7. The fourth-order valence-corrected chi connectivity index (χ4v) is 5.23. The Kier molecular flexibility index (Phi) is 7.97. The lowest BCUT2D eigenvalue weighted by molar-refractivity contribution is 0.0429. The van der Waals surface area contributed by atoms with Crippen molar-refractivity contribution in [3.8, 4) is 5.75 Å². The average molecular weight is 528 g/mol. The van der Waals surface area contributed by atoms with Gasteiger partial charge in [-0.3, -0.25) is 9.78 Å². The van der Waals surface area contributed by atoms with Crippen LogP contribution < -0.4 is 10.5 Å². The van der Waals surface area contributed by atoms with Gasteiger partial charge in [-0.05, 0) is 67.6 Å². The number of aryl methyl sites for hydroxylation is 3. The Morgan fingerprint density at radius 2 is 1.86 bits per heavy atom. The number of fused-ring (bicyclic) bond motifs is 3. The molecule has 4 rings (SSSR count). The molecule has 0 bridgehead atoms. The van der Waals surface area contributed by atoms with E-state index in [1.165, 1.54) is 17.7 Å². The molecule has 10 heteroatoms. The van der Waals surface area contributed by atoms with Crippen molar-refractivity contribution >= 4 is 41.8 Å². The van der Waals surface area contributed by atoms with Gasteiger partial charge in [-0.1, -0.05) is 18.2 Å². The monoisotopic (exact) mass is 527 g/mol. The predicted octanol–water partition coefficient (Wildman–Crippen LogP) is 6.24. The summed E-state index contributed by atoms with van der Waals surface area (Å²) in [5, 5.41) is 1.41. The Bertz CT molecular complexity index is 1470. The number of aromatic nitrogens is 2. The number of carbonyl (C=O) groups excluding carboxylic acids is 1. The summed E-state index contributed by atoms with van der Waals surface area (Å²) < 4.78 is 44.6. The number of carbonyl (C=O) groups is 1. The summed E-state index contributed by atoms with van der Waals surface area (Å²) in [5.74, 6) is -0.418. The van der Waals surface area contributed by atoms with E-state index in [1.807, 2.05) is 25.1 Å². The molecule has 0 aliphatic heterocycles. The van der Waals surface area contributed by atoms with E-state index in [2.05, 4.69) is 16.0 Å². The molecule has 0 spiro atoms. The highest BCUT2D eigenvalue weighted by Gasteiger charge is 2.50. The molecule has 1 unspecified atom stereocenters. The van der Waals surface area contributed by atoms with Crippen LogP contribution in [-0.4, -0.2) is 42.2 Å². The molecule has 4 aromatic rings. The molecular formula is C27H28F2N3O4P. The number of methoxy groups -OCH3 is 1. The smallest absolute Gasteiger partial charge is 0.375 e. The second-order valence-corrected chi connectivity index (χ2v) is 10.2. The number of nitrogens with zero attached hydrogens (tertiary/aromatic N) is 2. The van der Waals surface area contributed by atoms with Gasteiger partial charge in [0.2, 0.25) is 5.78 Å². The molecule has 2 aromatic heterocycles. The van der Waals surface area contributed by atoms with Crippen molar-refractivity contribution in [1.29, 1.82) is 0 Å². The zero-order valence-corrected chi connectivity index (χ0v) is 21.9. The average Bonchev–Trinajstić information content (AvgIpc) is 2.90. The van der Waals surface area contributed by atoms with Gasteiger partial charge in [-0.2, -0.15) is 8.78 Å². The lowest BCUT2D eigenvalue weighted by Crippen LogP contribution is -2.28. The van der Waals surface area contributed by atoms with Crippen LogP contribution in [0.2, 0.25) is 0 Å². The largest absolute Gasteiger partial charge is 0.497 e. The summed E-state index contributed by atoms with van der Waals surface area (Å²) in [7, 11) is 0.0157. The molecule has 0 aliphatic rings. The van der Waals surface area contributed by atoms with Gasteiger partial charge < -0.3 is 19.5 Å². The number of nitrogens with two attached hydrogens (primary N) is 1. The van der Waals surface area contributed by atoms with E-state index in [1.54, 1.807) is 26.3 Å². The molecule has 1 atom stereocenters. The van der Waals surface area contributed by atoms with Gasteiger partial charge in [0.1, 0.15) is 11.3 Å². The highest BCUT2D eigenvalue weighted by molar-refractivity contribution is 7.50. The van der Waals surface area contributed by atoms with E-state index in [-0.39, 0.29) is 18.0 Å². The van der Waals surface area contributed by atoms with Crippen LogP contribution in [0.1, 0.15) is 34.0 Å². The van der Waals surface area contributed by atoms with E-state index < -0.39 is 19.8 Å². The summed E-state index contributed by atoms with van der Waals surface area (Å²) in [4.78, 5) is 21.6. The first-order valence-corrected chi connectivity index (χ1v) is 12.9. The standard InChI is InChI=1S/C27H28F2N3O4P/c1-5-36-37(35-4)27(28,29)25(33)19-9-11-21-22-13-17(15-31-24(22)26(30)32-23(21)14-19)6-7-18-8-10-20(34-3)12-16(18)2/h8-15H,5-7H2,1-4H3,(H2,30,32). The summed E-state index contributed by atoms with van der Waals surface area (Å²) in [6.45, 7) is 3.60. The zero-order chi connectivity index (χ0) is 26.7. The number of hydrogen-bond donors (Lipinski definition) is 1. The Morgan fingerprint density at radius 3 is 2.54 bits per heavy atom. The van der Waals surface area contributed by atoms with Crippen LogP contribution in [0, 0.1) is 6.92 Å². The van der Waals surface area contributed by atoms with Crippen molar-refractivity contribution in [3.05, 3.63) is 70.9 Å². The van der Waals surface area contributed by atoms with Crippen molar-refractivity contribution in [3.63, 3.8) is 0 Å². The zero-order valence-electron chi connectivity index (χ0n) is 21.0. The fraction of sp³-hybridized carbons (Fsp3) is 0.296. The van der Waals surface area contributed by atoms with Crippen LogP contribution >= 0.6 is 8.38 Å². The molecule has 0 saturated carbocycles. The van der Waals surface area contributed by atoms with Gasteiger partial charge in [0.25, 0.3) is 8.38 Å². The number of ether oxygens (including phenoxy) is 1. The molecule has 0 saturated heterocycles. The minimum absolute atomic E-state index is 0.00240. The Balaban J connectivity index is 1.67. The molecule has 0 radical (unpaired) electrons. The SMILES string of the molecule is CCOP(OC)C(F)(F)C(=O)c1ccc2c(c1)nc(N)c1ncc(CCc3ccc(OC)cc3C)cc12. The molecule has 2 N–H and O–H groups in total. The Labute approximate surface area is 214 Å². The maximum absolute atomic E-state index is 14.8. The van der Waals surface area contributed by atoms with E-state index in [0.717, 1.165) is 42.2 Å². The number of alkyl halides is 2. The van der Waals surface area contributed by atoms with Gasteiger partial charge in [0.15, 0.2) is 5.82 Å². The quantitative estimate of drug-likeness (QED) is 0.148. The van der Waals surface area contributed by atoms with Crippen LogP contribution in [0.3, 0.4) is 0 Å². The number of Topliss-reactive ketones (excluding diaryl/α,β-unsaturated/α-hetero) is 1. The van der Waals surface area contributed by atoms with Crippen LogP contribution in [0.15, 0.2) is 48.7 Å². The third kappa shape index (κ3) is 5.39. The number of anilines is 1. The number of nitrogen functional groups attached to an aromatic ring is 1. The molecule has 7 nitrogen and oxygen atoms in total. The Morgan fingerprint density at radius 1 is 1.08 bits per heavy atom.